The van der Waals surface area contributed by atoms with Gasteiger partial charge in [0.2, 0.25) is 0 Å². The minimum atomic E-state index is 0.569. The molecule has 0 N–H and O–H groups in total. The maximum absolute atomic E-state index is 2.30. The zero-order valence-corrected chi connectivity index (χ0v) is 10.6. The van der Waals surface area contributed by atoms with Crippen molar-refractivity contribution in [2.24, 2.45) is 0 Å². The van der Waals surface area contributed by atoms with E-state index >= 15 is 0 Å². The number of hydrogen-bond acceptors (Lipinski definition) is 1. The number of hydrogen-bond donors (Lipinski definition) is 0. The normalized spacial score (nSPS) is 19.4. The van der Waals surface area contributed by atoms with Crippen molar-refractivity contribution in [1.82, 2.24) is 0 Å². The van der Waals surface area contributed by atoms with Crippen LogP contribution < -0.4 is 0 Å². The van der Waals surface area contributed by atoms with Gasteiger partial charge in [-0.15, -0.1) is 0 Å². The number of aryl methyl sites for hydroxylation is 1. The van der Waals surface area contributed by atoms with Gasteiger partial charge in [0.15, 0.2) is 0 Å². The van der Waals surface area contributed by atoms with Gasteiger partial charge >= 0.3 is 0 Å². The molecule has 0 radical (unpaired) electrons. The standard InChI is InChI=1S/C16H16S/c1-2-6-13(7-3-1)16-12-17-11-10-14-8-4-5-9-15(14)16/h1-9,16H,10-12H2. The van der Waals surface area contributed by atoms with Gasteiger partial charge in [-0.2, -0.15) is 11.8 Å². The van der Waals surface area contributed by atoms with Crippen molar-refractivity contribution in [3.63, 3.8) is 0 Å². The SMILES string of the molecule is c1ccc(C2CSCCc3ccccc32)cc1. The molecule has 1 unspecified atom stereocenters. The van der Waals surface area contributed by atoms with Crippen LogP contribution in [0.25, 0.3) is 0 Å². The smallest absolute Gasteiger partial charge is 0.0183 e. The fourth-order valence-electron chi connectivity index (χ4n) is 2.54. The molecular weight excluding hydrogens is 224 g/mol. The van der Waals surface area contributed by atoms with E-state index < -0.39 is 0 Å². The van der Waals surface area contributed by atoms with E-state index in [-0.39, 0.29) is 0 Å². The molecule has 3 rings (SSSR count). The number of thioether (sulfide) groups is 1. The highest BCUT2D eigenvalue weighted by atomic mass is 32.2. The highest BCUT2D eigenvalue weighted by molar-refractivity contribution is 7.99. The Labute approximate surface area is 107 Å². The average Bonchev–Trinajstić information content (AvgIpc) is 2.62. The molecule has 0 saturated carbocycles. The van der Waals surface area contributed by atoms with Crippen LogP contribution in [0.3, 0.4) is 0 Å². The van der Waals surface area contributed by atoms with Gasteiger partial charge in [0, 0.05) is 11.7 Å². The zero-order valence-electron chi connectivity index (χ0n) is 9.80. The molecule has 86 valence electrons. The summed E-state index contributed by atoms with van der Waals surface area (Å²) >= 11 is 2.08. The first-order valence-corrected chi connectivity index (χ1v) is 7.31. The van der Waals surface area contributed by atoms with Crippen LogP contribution in [0, 0.1) is 0 Å². The predicted octanol–water partition coefficient (Wildman–Crippen LogP) is 4.11. The molecule has 0 aromatic heterocycles. The third-order valence-electron chi connectivity index (χ3n) is 3.43. The van der Waals surface area contributed by atoms with Crippen LogP contribution in [0.1, 0.15) is 22.6 Å². The molecule has 0 saturated heterocycles. The van der Waals surface area contributed by atoms with E-state index in [0.29, 0.717) is 5.92 Å². The Balaban J connectivity index is 2.06. The van der Waals surface area contributed by atoms with E-state index in [1.54, 1.807) is 0 Å². The lowest BCUT2D eigenvalue weighted by molar-refractivity contribution is 0.923. The van der Waals surface area contributed by atoms with Crippen LogP contribution >= 0.6 is 11.8 Å². The monoisotopic (exact) mass is 240 g/mol. The van der Waals surface area contributed by atoms with E-state index in [1.807, 2.05) is 0 Å². The van der Waals surface area contributed by atoms with Gasteiger partial charge in [-0.05, 0) is 28.9 Å². The van der Waals surface area contributed by atoms with E-state index in [0.717, 1.165) is 0 Å². The third kappa shape index (κ3) is 2.25. The summed E-state index contributed by atoms with van der Waals surface area (Å²) in [6.07, 6.45) is 1.21. The summed E-state index contributed by atoms with van der Waals surface area (Å²) < 4.78 is 0. The summed E-state index contributed by atoms with van der Waals surface area (Å²) in [4.78, 5) is 0. The minimum Gasteiger partial charge on any atom is -0.161 e. The molecular formula is C16H16S. The first-order chi connectivity index (χ1) is 8.45. The molecule has 1 heteroatoms. The Morgan fingerprint density at radius 2 is 1.65 bits per heavy atom. The van der Waals surface area contributed by atoms with Crippen molar-refractivity contribution in [2.75, 3.05) is 11.5 Å². The van der Waals surface area contributed by atoms with Crippen molar-refractivity contribution in [3.05, 3.63) is 71.3 Å². The molecule has 1 heterocycles. The van der Waals surface area contributed by atoms with Crippen LogP contribution in [0.4, 0.5) is 0 Å². The largest absolute Gasteiger partial charge is 0.161 e. The van der Waals surface area contributed by atoms with E-state index in [4.69, 9.17) is 0 Å². The van der Waals surface area contributed by atoms with Gasteiger partial charge < -0.3 is 0 Å². The molecule has 1 aliphatic heterocycles. The molecule has 0 fully saturated rings. The maximum atomic E-state index is 2.30. The van der Waals surface area contributed by atoms with Gasteiger partial charge in [0.25, 0.3) is 0 Å². The van der Waals surface area contributed by atoms with E-state index in [1.165, 1.54) is 34.6 Å². The van der Waals surface area contributed by atoms with Gasteiger partial charge in [0.1, 0.15) is 0 Å². The third-order valence-corrected chi connectivity index (χ3v) is 4.49. The fraction of sp³-hybridized carbons (Fsp3) is 0.250. The molecule has 1 aliphatic rings. The predicted molar refractivity (Wildman–Crippen MR) is 75.8 cm³/mol. The first kappa shape index (κ1) is 10.9. The minimum absolute atomic E-state index is 0.569. The summed E-state index contributed by atoms with van der Waals surface area (Å²) in [6.45, 7) is 0. The summed E-state index contributed by atoms with van der Waals surface area (Å²) in [7, 11) is 0. The van der Waals surface area contributed by atoms with Crippen LogP contribution in [0.2, 0.25) is 0 Å². The second-order valence-electron chi connectivity index (χ2n) is 4.49. The summed E-state index contributed by atoms with van der Waals surface area (Å²) in [5, 5.41) is 0. The lowest BCUT2D eigenvalue weighted by atomic mass is 9.89. The molecule has 2 aromatic rings. The van der Waals surface area contributed by atoms with Gasteiger partial charge in [0.05, 0.1) is 0 Å². The second kappa shape index (κ2) is 4.97. The quantitative estimate of drug-likeness (QED) is 0.723. The van der Waals surface area contributed by atoms with Gasteiger partial charge in [-0.3, -0.25) is 0 Å². The van der Waals surface area contributed by atoms with Gasteiger partial charge in [-0.25, -0.2) is 0 Å². The van der Waals surface area contributed by atoms with Crippen molar-refractivity contribution in [3.8, 4) is 0 Å². The summed E-state index contributed by atoms with van der Waals surface area (Å²) in [5.74, 6) is 3.03. The Kier molecular flexibility index (Phi) is 3.19. The molecule has 17 heavy (non-hydrogen) atoms. The molecule has 2 aromatic carbocycles. The molecule has 0 aliphatic carbocycles. The van der Waals surface area contributed by atoms with Crippen molar-refractivity contribution < 1.29 is 0 Å². The first-order valence-electron chi connectivity index (χ1n) is 6.15. The Morgan fingerprint density at radius 1 is 0.882 bits per heavy atom. The lowest BCUT2D eigenvalue weighted by Crippen LogP contribution is -2.04. The number of fused-ring (bicyclic) bond motifs is 1. The Bertz CT molecular complexity index is 490. The van der Waals surface area contributed by atoms with E-state index in [9.17, 15) is 0 Å². The van der Waals surface area contributed by atoms with Crippen LogP contribution in [0.15, 0.2) is 54.6 Å². The maximum Gasteiger partial charge on any atom is 0.0183 e. The van der Waals surface area contributed by atoms with Crippen LogP contribution in [0.5, 0.6) is 0 Å². The van der Waals surface area contributed by atoms with E-state index in [2.05, 4.69) is 66.4 Å². The highest BCUT2D eigenvalue weighted by Crippen LogP contribution is 2.33. The molecule has 1 atom stereocenters. The van der Waals surface area contributed by atoms with Gasteiger partial charge in [-0.1, -0.05) is 54.6 Å². The van der Waals surface area contributed by atoms with Crippen molar-refractivity contribution >= 4 is 11.8 Å². The average molecular weight is 240 g/mol. The lowest BCUT2D eigenvalue weighted by Gasteiger charge is -2.17. The zero-order chi connectivity index (χ0) is 11.5. The second-order valence-corrected chi connectivity index (χ2v) is 5.64. The topological polar surface area (TPSA) is 0 Å². The van der Waals surface area contributed by atoms with Crippen molar-refractivity contribution in [2.45, 2.75) is 12.3 Å². The molecule has 0 amide bonds. The highest BCUT2D eigenvalue weighted by Gasteiger charge is 2.19. The van der Waals surface area contributed by atoms with Crippen LogP contribution in [-0.2, 0) is 6.42 Å². The number of rotatable bonds is 1. The summed E-state index contributed by atoms with van der Waals surface area (Å²) in [6, 6.07) is 19.8. The van der Waals surface area contributed by atoms with Crippen molar-refractivity contribution in [1.29, 1.82) is 0 Å². The Hall–Kier alpha value is -1.21. The number of benzene rings is 2. The Morgan fingerprint density at radius 3 is 2.53 bits per heavy atom. The van der Waals surface area contributed by atoms with Crippen LogP contribution in [-0.4, -0.2) is 11.5 Å². The fourth-order valence-corrected chi connectivity index (χ4v) is 3.67. The summed E-state index contributed by atoms with van der Waals surface area (Å²) in [5.41, 5.74) is 4.52. The molecule has 0 nitrogen and oxygen atoms in total. The molecule has 0 spiro atoms. The molecule has 0 bridgehead atoms.